The van der Waals surface area contributed by atoms with Crippen LogP contribution < -0.4 is 4.74 Å². The molecular formula is C12H5Br2F3O. The standard InChI is InChI=1S/C12H5Br2F3O/c13-7-9(15)8(14)12(11(17)10(7)16)18-6-4-2-1-3-5-6/h1-5H. The van der Waals surface area contributed by atoms with Crippen molar-refractivity contribution < 1.29 is 17.9 Å². The maximum Gasteiger partial charge on any atom is 0.203 e. The smallest absolute Gasteiger partial charge is 0.203 e. The molecule has 2 rings (SSSR count). The van der Waals surface area contributed by atoms with Gasteiger partial charge in [0.15, 0.2) is 17.4 Å². The van der Waals surface area contributed by atoms with E-state index in [4.69, 9.17) is 4.74 Å². The van der Waals surface area contributed by atoms with Crippen LogP contribution >= 0.6 is 31.9 Å². The van der Waals surface area contributed by atoms with E-state index in [0.29, 0.717) is 0 Å². The van der Waals surface area contributed by atoms with Crippen LogP contribution in [0.4, 0.5) is 13.2 Å². The summed E-state index contributed by atoms with van der Waals surface area (Å²) in [6.07, 6.45) is 0. The predicted molar refractivity (Wildman–Crippen MR) is 68.2 cm³/mol. The first-order chi connectivity index (χ1) is 8.52. The number of hydrogen-bond acceptors (Lipinski definition) is 1. The SMILES string of the molecule is Fc1c(F)c(Oc2ccccc2)c(Br)c(F)c1Br. The first kappa shape index (κ1) is 13.4. The third-order valence-electron chi connectivity index (χ3n) is 2.13. The summed E-state index contributed by atoms with van der Waals surface area (Å²) >= 11 is 5.46. The molecule has 0 saturated heterocycles. The van der Waals surface area contributed by atoms with Gasteiger partial charge in [-0.25, -0.2) is 8.78 Å². The Morgan fingerprint density at radius 2 is 1.39 bits per heavy atom. The van der Waals surface area contributed by atoms with Crippen LogP contribution in [0.3, 0.4) is 0 Å². The normalized spacial score (nSPS) is 10.5. The van der Waals surface area contributed by atoms with Crippen LogP contribution in [0.1, 0.15) is 0 Å². The number of halogens is 5. The monoisotopic (exact) mass is 380 g/mol. The van der Waals surface area contributed by atoms with E-state index in [0.717, 1.165) is 0 Å². The highest BCUT2D eigenvalue weighted by Gasteiger charge is 2.24. The van der Waals surface area contributed by atoms with E-state index < -0.39 is 27.7 Å². The van der Waals surface area contributed by atoms with Gasteiger partial charge in [0, 0.05) is 0 Å². The fourth-order valence-corrected chi connectivity index (χ4v) is 2.37. The first-order valence-corrected chi connectivity index (χ1v) is 6.35. The van der Waals surface area contributed by atoms with E-state index in [1.807, 2.05) is 0 Å². The quantitative estimate of drug-likeness (QED) is 0.498. The van der Waals surface area contributed by atoms with Crippen molar-refractivity contribution in [2.45, 2.75) is 0 Å². The summed E-state index contributed by atoms with van der Waals surface area (Å²) in [5.74, 6) is -3.81. The lowest BCUT2D eigenvalue weighted by molar-refractivity contribution is 0.401. The summed E-state index contributed by atoms with van der Waals surface area (Å²) in [5.41, 5.74) is 0. The van der Waals surface area contributed by atoms with Gasteiger partial charge in [0.1, 0.15) is 10.2 Å². The van der Waals surface area contributed by atoms with Gasteiger partial charge in [-0.3, -0.25) is 0 Å². The Kier molecular flexibility index (Phi) is 3.97. The van der Waals surface area contributed by atoms with Gasteiger partial charge in [-0.15, -0.1) is 0 Å². The molecule has 0 N–H and O–H groups in total. The van der Waals surface area contributed by atoms with Gasteiger partial charge in [0.2, 0.25) is 5.82 Å². The van der Waals surface area contributed by atoms with Gasteiger partial charge >= 0.3 is 0 Å². The lowest BCUT2D eigenvalue weighted by atomic mass is 10.3. The fraction of sp³-hybridized carbons (Fsp3) is 0. The van der Waals surface area contributed by atoms with Crippen molar-refractivity contribution in [2.75, 3.05) is 0 Å². The molecule has 0 atom stereocenters. The molecule has 0 spiro atoms. The minimum absolute atomic E-state index is 0.276. The Morgan fingerprint density at radius 1 is 0.778 bits per heavy atom. The summed E-state index contributed by atoms with van der Waals surface area (Å²) < 4.78 is 44.9. The second-order valence-electron chi connectivity index (χ2n) is 3.31. The summed E-state index contributed by atoms with van der Waals surface area (Å²) in [6, 6.07) is 8.15. The van der Waals surface area contributed by atoms with Gasteiger partial charge in [-0.05, 0) is 44.0 Å². The van der Waals surface area contributed by atoms with Crippen molar-refractivity contribution in [3.05, 3.63) is 56.7 Å². The van der Waals surface area contributed by atoms with Gasteiger partial charge in [-0.2, -0.15) is 4.39 Å². The van der Waals surface area contributed by atoms with Gasteiger partial charge in [0.05, 0.1) is 4.47 Å². The third kappa shape index (κ3) is 2.40. The highest BCUT2D eigenvalue weighted by atomic mass is 79.9. The van der Waals surface area contributed by atoms with E-state index in [1.54, 1.807) is 30.3 Å². The number of ether oxygens (including phenoxy) is 1. The Hall–Kier alpha value is -1.01. The Balaban J connectivity index is 2.52. The molecule has 0 aliphatic rings. The molecular weight excluding hydrogens is 377 g/mol. The molecule has 0 saturated carbocycles. The van der Waals surface area contributed by atoms with Crippen LogP contribution in [0.2, 0.25) is 0 Å². The second-order valence-corrected chi connectivity index (χ2v) is 4.90. The predicted octanol–water partition coefficient (Wildman–Crippen LogP) is 5.42. The summed E-state index contributed by atoms with van der Waals surface area (Å²) in [5, 5.41) is 0. The molecule has 18 heavy (non-hydrogen) atoms. The molecule has 0 unspecified atom stereocenters. The van der Waals surface area contributed by atoms with Crippen LogP contribution in [0.25, 0.3) is 0 Å². The van der Waals surface area contributed by atoms with Crippen LogP contribution in [0, 0.1) is 17.5 Å². The fourth-order valence-electron chi connectivity index (χ4n) is 1.28. The molecule has 0 aliphatic carbocycles. The lowest BCUT2D eigenvalue weighted by Crippen LogP contribution is -1.98. The minimum Gasteiger partial charge on any atom is -0.453 e. The van der Waals surface area contributed by atoms with Crippen LogP contribution in [0.5, 0.6) is 11.5 Å². The molecule has 0 aromatic heterocycles. The average molecular weight is 382 g/mol. The Morgan fingerprint density at radius 3 is 2.00 bits per heavy atom. The third-order valence-corrected chi connectivity index (χ3v) is 3.54. The number of para-hydroxylation sites is 1. The molecule has 0 radical (unpaired) electrons. The van der Waals surface area contributed by atoms with Crippen molar-refractivity contribution in [3.63, 3.8) is 0 Å². The van der Waals surface area contributed by atoms with Gasteiger partial charge < -0.3 is 4.74 Å². The van der Waals surface area contributed by atoms with Gasteiger partial charge in [0.25, 0.3) is 0 Å². The molecule has 0 bridgehead atoms. The van der Waals surface area contributed by atoms with Crippen LogP contribution in [0.15, 0.2) is 39.3 Å². The molecule has 0 aliphatic heterocycles. The van der Waals surface area contributed by atoms with E-state index >= 15 is 0 Å². The molecule has 0 fully saturated rings. The zero-order valence-corrected chi connectivity index (χ0v) is 11.9. The van der Waals surface area contributed by atoms with Crippen molar-refractivity contribution >= 4 is 31.9 Å². The first-order valence-electron chi connectivity index (χ1n) is 4.76. The molecule has 94 valence electrons. The van der Waals surface area contributed by atoms with E-state index in [1.165, 1.54) is 0 Å². The van der Waals surface area contributed by atoms with Crippen molar-refractivity contribution in [1.29, 1.82) is 0 Å². The molecule has 2 aromatic carbocycles. The van der Waals surface area contributed by atoms with Gasteiger partial charge in [-0.1, -0.05) is 18.2 Å². The largest absolute Gasteiger partial charge is 0.453 e. The Labute approximate surface area is 118 Å². The summed E-state index contributed by atoms with van der Waals surface area (Å²) in [6.45, 7) is 0. The number of benzene rings is 2. The van der Waals surface area contributed by atoms with E-state index in [-0.39, 0.29) is 10.2 Å². The average Bonchev–Trinajstić information content (AvgIpc) is 2.40. The number of hydrogen-bond donors (Lipinski definition) is 0. The van der Waals surface area contributed by atoms with Crippen LogP contribution in [-0.2, 0) is 0 Å². The van der Waals surface area contributed by atoms with Crippen molar-refractivity contribution in [1.82, 2.24) is 0 Å². The topological polar surface area (TPSA) is 9.23 Å². The van der Waals surface area contributed by atoms with Crippen molar-refractivity contribution in [2.24, 2.45) is 0 Å². The highest BCUT2D eigenvalue weighted by molar-refractivity contribution is 9.11. The molecule has 0 amide bonds. The van der Waals surface area contributed by atoms with E-state index in [9.17, 15) is 13.2 Å². The van der Waals surface area contributed by atoms with E-state index in [2.05, 4.69) is 31.9 Å². The number of rotatable bonds is 2. The zero-order valence-electron chi connectivity index (χ0n) is 8.68. The molecule has 0 heterocycles. The maximum atomic E-state index is 13.7. The molecule has 1 nitrogen and oxygen atoms in total. The lowest BCUT2D eigenvalue weighted by Gasteiger charge is -2.11. The maximum absolute atomic E-state index is 13.7. The van der Waals surface area contributed by atoms with Crippen LogP contribution in [-0.4, -0.2) is 0 Å². The summed E-state index contributed by atoms with van der Waals surface area (Å²) in [4.78, 5) is 0. The molecule has 6 heteroatoms. The Bertz CT molecular complexity index is 559. The minimum atomic E-state index is -1.33. The molecule has 2 aromatic rings. The second kappa shape index (κ2) is 5.32. The highest BCUT2D eigenvalue weighted by Crippen LogP contribution is 2.39. The zero-order chi connectivity index (χ0) is 13.3. The van der Waals surface area contributed by atoms with Crippen molar-refractivity contribution in [3.8, 4) is 11.5 Å². The summed E-state index contributed by atoms with van der Waals surface area (Å²) in [7, 11) is 0.